The predicted octanol–water partition coefficient (Wildman–Crippen LogP) is 2.69. The molecule has 1 aromatic carbocycles. The van der Waals surface area contributed by atoms with Gasteiger partial charge in [0.15, 0.2) is 0 Å². The fourth-order valence-corrected chi connectivity index (χ4v) is 1.15. The topological polar surface area (TPSA) is 43.1 Å². The predicted molar refractivity (Wildman–Crippen MR) is 48.8 cm³/mol. The lowest BCUT2D eigenvalue weighted by molar-refractivity contribution is -0.385. The molecule has 1 radical (unpaired) electrons. The van der Waals surface area contributed by atoms with Gasteiger partial charge in [0.05, 0.1) is 9.40 Å². The molecule has 0 aromatic heterocycles. The molecule has 0 fully saturated rings. The van der Waals surface area contributed by atoms with E-state index in [4.69, 9.17) is 0 Å². The fraction of sp³-hybridized carbons (Fsp3) is 0. The van der Waals surface area contributed by atoms with Crippen molar-refractivity contribution < 1.29 is 4.92 Å². The van der Waals surface area contributed by atoms with Crippen LogP contribution in [-0.2, 0) is 0 Å². The minimum absolute atomic E-state index is 0.0312. The Morgan fingerprint density at radius 1 is 1.58 bits per heavy atom. The average Bonchev–Trinajstić information content (AvgIpc) is 2.05. The van der Waals surface area contributed by atoms with Crippen LogP contribution in [0, 0.1) is 16.2 Å². The Morgan fingerprint density at radius 2 is 2.25 bits per heavy atom. The van der Waals surface area contributed by atoms with Gasteiger partial charge < -0.3 is 0 Å². The highest BCUT2D eigenvalue weighted by Crippen LogP contribution is 2.25. The Bertz CT molecular complexity index is 336. The van der Waals surface area contributed by atoms with Gasteiger partial charge in [-0.25, -0.2) is 0 Å². The summed E-state index contributed by atoms with van der Waals surface area (Å²) in [4.78, 5) is 9.96. The molecule has 0 saturated heterocycles. The summed E-state index contributed by atoms with van der Waals surface area (Å²) < 4.78 is 0.464. The molecule has 4 heteroatoms. The number of hydrogen-bond acceptors (Lipinski definition) is 2. The maximum absolute atomic E-state index is 10.4. The molecule has 0 amide bonds. The number of halogens is 1. The maximum atomic E-state index is 10.4. The molecule has 12 heavy (non-hydrogen) atoms. The molecule has 0 bridgehead atoms. The van der Waals surface area contributed by atoms with Crippen molar-refractivity contribution in [3.63, 3.8) is 0 Å². The Kier molecular flexibility index (Phi) is 2.60. The molecule has 0 spiro atoms. The van der Waals surface area contributed by atoms with E-state index >= 15 is 0 Å². The largest absolute Gasteiger partial charge is 0.284 e. The van der Waals surface area contributed by atoms with Gasteiger partial charge in [-0.05, 0) is 33.6 Å². The quantitative estimate of drug-likeness (QED) is 0.575. The second kappa shape index (κ2) is 3.49. The summed E-state index contributed by atoms with van der Waals surface area (Å²) in [5.74, 6) is 0. The lowest BCUT2D eigenvalue weighted by Crippen LogP contribution is -1.89. The molecule has 0 aliphatic rings. The van der Waals surface area contributed by atoms with Gasteiger partial charge in [0.25, 0.3) is 5.69 Å². The highest BCUT2D eigenvalue weighted by Gasteiger charge is 2.10. The summed E-state index contributed by atoms with van der Waals surface area (Å²) >= 11 is 3.07. The van der Waals surface area contributed by atoms with Crippen LogP contribution in [0.3, 0.4) is 0 Å². The normalized spacial score (nSPS) is 9.42. The first-order chi connectivity index (χ1) is 5.65. The SMILES string of the molecule is C=[C]c1ccc(Br)c([N+](=O)[O-])c1. The molecule has 0 aliphatic heterocycles. The lowest BCUT2D eigenvalue weighted by Gasteiger charge is -1.95. The zero-order valence-electron chi connectivity index (χ0n) is 6.08. The van der Waals surface area contributed by atoms with Crippen molar-refractivity contribution in [2.45, 2.75) is 0 Å². The van der Waals surface area contributed by atoms with Crippen LogP contribution in [0.25, 0.3) is 0 Å². The first-order valence-corrected chi connectivity index (χ1v) is 3.91. The van der Waals surface area contributed by atoms with Gasteiger partial charge in [-0.15, -0.1) is 0 Å². The third-order valence-electron chi connectivity index (χ3n) is 1.35. The number of nitrogens with zero attached hydrogens (tertiary/aromatic N) is 1. The van der Waals surface area contributed by atoms with Gasteiger partial charge in [0.1, 0.15) is 0 Å². The average molecular weight is 227 g/mol. The highest BCUT2D eigenvalue weighted by atomic mass is 79.9. The summed E-state index contributed by atoms with van der Waals surface area (Å²) in [6.45, 7) is 3.40. The number of rotatable bonds is 2. The summed E-state index contributed by atoms with van der Waals surface area (Å²) in [6, 6.07) is 4.72. The Hall–Kier alpha value is -1.16. The van der Waals surface area contributed by atoms with Crippen LogP contribution >= 0.6 is 15.9 Å². The third kappa shape index (κ3) is 1.71. The van der Waals surface area contributed by atoms with E-state index in [1.807, 2.05) is 0 Å². The molecule has 0 atom stereocenters. The molecule has 0 N–H and O–H groups in total. The second-order valence-electron chi connectivity index (χ2n) is 2.10. The Balaban J connectivity index is 3.25. The number of hydrogen-bond donors (Lipinski definition) is 0. The van der Waals surface area contributed by atoms with Gasteiger partial charge in [-0.1, -0.05) is 12.6 Å². The molecule has 3 nitrogen and oxygen atoms in total. The van der Waals surface area contributed by atoms with Gasteiger partial charge in [-0.2, -0.15) is 0 Å². The fourth-order valence-electron chi connectivity index (χ4n) is 0.763. The summed E-state index contributed by atoms with van der Waals surface area (Å²) in [5, 5.41) is 10.4. The summed E-state index contributed by atoms with van der Waals surface area (Å²) in [6.07, 6.45) is 2.57. The Labute approximate surface area is 78.0 Å². The van der Waals surface area contributed by atoms with E-state index in [9.17, 15) is 10.1 Å². The van der Waals surface area contributed by atoms with Crippen LogP contribution in [-0.4, -0.2) is 4.92 Å². The third-order valence-corrected chi connectivity index (χ3v) is 2.02. The van der Waals surface area contributed by atoms with Crippen molar-refractivity contribution in [3.8, 4) is 0 Å². The van der Waals surface area contributed by atoms with Gasteiger partial charge in [0.2, 0.25) is 0 Å². The van der Waals surface area contributed by atoms with E-state index in [1.54, 1.807) is 12.1 Å². The molecular formula is C8H5BrNO2. The first kappa shape index (κ1) is 8.93. The van der Waals surface area contributed by atoms with Crippen molar-refractivity contribution in [2.75, 3.05) is 0 Å². The van der Waals surface area contributed by atoms with Crippen molar-refractivity contribution in [2.24, 2.45) is 0 Å². The van der Waals surface area contributed by atoms with Crippen LogP contribution < -0.4 is 0 Å². The number of nitro groups is 1. The Morgan fingerprint density at radius 3 is 2.75 bits per heavy atom. The van der Waals surface area contributed by atoms with Crippen LogP contribution in [0.1, 0.15) is 5.56 Å². The maximum Gasteiger partial charge on any atom is 0.284 e. The highest BCUT2D eigenvalue weighted by molar-refractivity contribution is 9.10. The van der Waals surface area contributed by atoms with E-state index in [0.717, 1.165) is 0 Å². The monoisotopic (exact) mass is 226 g/mol. The molecule has 61 valence electrons. The van der Waals surface area contributed by atoms with E-state index in [1.165, 1.54) is 6.07 Å². The minimum Gasteiger partial charge on any atom is -0.258 e. The molecule has 0 heterocycles. The minimum atomic E-state index is -0.453. The molecule has 0 unspecified atom stereocenters. The van der Waals surface area contributed by atoms with Crippen molar-refractivity contribution >= 4 is 21.6 Å². The van der Waals surface area contributed by atoms with E-state index in [0.29, 0.717) is 10.0 Å². The van der Waals surface area contributed by atoms with Crippen LogP contribution in [0.2, 0.25) is 0 Å². The van der Waals surface area contributed by atoms with E-state index in [2.05, 4.69) is 28.6 Å². The summed E-state index contributed by atoms with van der Waals surface area (Å²) in [5.41, 5.74) is 0.647. The van der Waals surface area contributed by atoms with Gasteiger partial charge in [-0.3, -0.25) is 10.1 Å². The van der Waals surface area contributed by atoms with Crippen LogP contribution in [0.5, 0.6) is 0 Å². The van der Waals surface area contributed by atoms with E-state index < -0.39 is 4.92 Å². The molecule has 0 aliphatic carbocycles. The van der Waals surface area contributed by atoms with Crippen molar-refractivity contribution in [3.05, 3.63) is 51.0 Å². The van der Waals surface area contributed by atoms with Crippen LogP contribution in [0.4, 0.5) is 5.69 Å². The summed E-state index contributed by atoms with van der Waals surface area (Å²) in [7, 11) is 0. The molecule has 1 rings (SSSR count). The van der Waals surface area contributed by atoms with Gasteiger partial charge >= 0.3 is 0 Å². The zero-order chi connectivity index (χ0) is 9.14. The number of benzene rings is 1. The van der Waals surface area contributed by atoms with Crippen molar-refractivity contribution in [1.82, 2.24) is 0 Å². The smallest absolute Gasteiger partial charge is 0.258 e. The number of nitro benzene ring substituents is 1. The standard InChI is InChI=1S/C8H5BrNO2/c1-2-6-3-4-7(9)8(5-6)10(11)12/h3-5H,1H2. The van der Waals surface area contributed by atoms with Crippen LogP contribution in [0.15, 0.2) is 29.3 Å². The molecule has 1 aromatic rings. The van der Waals surface area contributed by atoms with E-state index in [-0.39, 0.29) is 5.69 Å². The molecule has 0 saturated carbocycles. The van der Waals surface area contributed by atoms with Gasteiger partial charge in [0, 0.05) is 6.07 Å². The zero-order valence-corrected chi connectivity index (χ0v) is 7.67. The first-order valence-electron chi connectivity index (χ1n) is 3.12. The lowest BCUT2D eigenvalue weighted by atomic mass is 10.2. The second-order valence-corrected chi connectivity index (χ2v) is 2.95. The molecular weight excluding hydrogens is 222 g/mol. The van der Waals surface area contributed by atoms with Crippen molar-refractivity contribution in [1.29, 1.82) is 0 Å².